The molecule has 1 aliphatic heterocycles. The van der Waals surface area contributed by atoms with Crippen LogP contribution >= 0.6 is 0 Å². The van der Waals surface area contributed by atoms with Crippen molar-refractivity contribution in [3.63, 3.8) is 0 Å². The summed E-state index contributed by atoms with van der Waals surface area (Å²) in [5.74, 6) is 0.532. The molecule has 1 amide bonds. The highest BCUT2D eigenvalue weighted by molar-refractivity contribution is 6.01. The van der Waals surface area contributed by atoms with Crippen LogP contribution in [-0.2, 0) is 14.1 Å². The number of carbonyl (C=O) groups is 1. The summed E-state index contributed by atoms with van der Waals surface area (Å²) in [6, 6.07) is 4.51. The van der Waals surface area contributed by atoms with Gasteiger partial charge in [-0.05, 0) is 45.4 Å². The van der Waals surface area contributed by atoms with Crippen molar-refractivity contribution in [1.29, 1.82) is 0 Å². The first-order valence-electron chi connectivity index (χ1n) is 13.0. The predicted molar refractivity (Wildman–Crippen MR) is 147 cm³/mol. The van der Waals surface area contributed by atoms with E-state index in [1.165, 1.54) is 12.8 Å². The van der Waals surface area contributed by atoms with Crippen LogP contribution in [0.3, 0.4) is 0 Å². The van der Waals surface area contributed by atoms with Gasteiger partial charge in [0.1, 0.15) is 0 Å². The lowest BCUT2D eigenvalue weighted by molar-refractivity contribution is 0.0947. The average Bonchev–Trinajstić information content (AvgIpc) is 3.67. The van der Waals surface area contributed by atoms with Crippen LogP contribution in [0.25, 0.3) is 27.5 Å². The second-order valence-electron chi connectivity index (χ2n) is 10.1. The maximum Gasteiger partial charge on any atom is 0.252 e. The van der Waals surface area contributed by atoms with Gasteiger partial charge in [-0.15, -0.1) is 0 Å². The van der Waals surface area contributed by atoms with Gasteiger partial charge in [0.15, 0.2) is 5.82 Å². The van der Waals surface area contributed by atoms with Gasteiger partial charge in [0.25, 0.3) is 5.91 Å². The summed E-state index contributed by atoms with van der Waals surface area (Å²) < 4.78 is 5.49. The smallest absolute Gasteiger partial charge is 0.252 e. The minimum Gasteiger partial charge on any atom is -0.351 e. The predicted octanol–water partition coefficient (Wildman–Crippen LogP) is 3.28. The Morgan fingerprint density at radius 2 is 1.97 bits per heavy atom. The van der Waals surface area contributed by atoms with Gasteiger partial charge >= 0.3 is 0 Å². The first-order chi connectivity index (χ1) is 18.4. The van der Waals surface area contributed by atoms with E-state index in [1.807, 2.05) is 61.1 Å². The molecule has 2 N–H and O–H groups in total. The zero-order valence-electron chi connectivity index (χ0n) is 22.1. The summed E-state index contributed by atoms with van der Waals surface area (Å²) in [5, 5.41) is 21.0. The normalized spacial score (nSPS) is 16.1. The molecule has 1 aliphatic rings. The maximum atomic E-state index is 12.9. The van der Waals surface area contributed by atoms with Crippen molar-refractivity contribution in [2.45, 2.75) is 32.7 Å². The molecule has 196 valence electrons. The molecule has 1 fully saturated rings. The van der Waals surface area contributed by atoms with E-state index in [1.54, 1.807) is 10.9 Å². The first kappa shape index (κ1) is 24.1. The number of hydrogen-bond donors (Lipinski definition) is 2. The Hall–Kier alpha value is -4.25. The minimum absolute atomic E-state index is 0.127. The Labute approximate surface area is 220 Å². The zero-order chi connectivity index (χ0) is 26.4. The number of carbonyl (C=O) groups excluding carboxylic acids is 1. The lowest BCUT2D eigenvalue weighted by Gasteiger charge is -2.20. The van der Waals surface area contributed by atoms with E-state index < -0.39 is 0 Å². The quantitative estimate of drug-likeness (QED) is 0.344. The zero-order valence-corrected chi connectivity index (χ0v) is 22.1. The van der Waals surface area contributed by atoms with Crippen LogP contribution in [-0.4, -0.2) is 70.6 Å². The molecule has 0 bridgehead atoms. The summed E-state index contributed by atoms with van der Waals surface area (Å²) in [7, 11) is 3.82. The van der Waals surface area contributed by atoms with Crippen molar-refractivity contribution in [2.75, 3.05) is 25.0 Å². The fourth-order valence-electron chi connectivity index (χ4n) is 5.28. The van der Waals surface area contributed by atoms with E-state index in [4.69, 9.17) is 5.10 Å². The molecule has 6 rings (SSSR count). The van der Waals surface area contributed by atoms with Crippen molar-refractivity contribution in [3.05, 3.63) is 54.4 Å². The highest BCUT2D eigenvalue weighted by Gasteiger charge is 2.20. The molecule has 6 heterocycles. The molecule has 0 saturated carbocycles. The number of pyridine rings is 1. The number of amides is 1. The first-order valence-corrected chi connectivity index (χ1v) is 13.0. The number of aryl methyl sites for hydroxylation is 3. The van der Waals surface area contributed by atoms with Crippen LogP contribution in [0.2, 0.25) is 0 Å². The van der Waals surface area contributed by atoms with Gasteiger partial charge in [0.2, 0.25) is 0 Å². The van der Waals surface area contributed by atoms with E-state index in [-0.39, 0.29) is 5.91 Å². The molecule has 5 aromatic rings. The van der Waals surface area contributed by atoms with Crippen LogP contribution in [0.5, 0.6) is 0 Å². The lowest BCUT2D eigenvalue weighted by atomic mass is 10.2. The number of nitrogens with zero attached hydrogens (tertiary/aromatic N) is 8. The Morgan fingerprint density at radius 3 is 2.74 bits per heavy atom. The number of likely N-dealkylation sites (tertiary alicyclic amines) is 1. The summed E-state index contributed by atoms with van der Waals surface area (Å²) >= 11 is 0. The topological polar surface area (TPSA) is 110 Å². The molecule has 11 nitrogen and oxygen atoms in total. The second kappa shape index (κ2) is 9.56. The standard InChI is InChI=1S/C27H32N10O/c1-17-6-5-8-36(17)9-7-28-27(38)19-10-23(18(2)29-12-19)32-26-22-14-31-37-16-20(21-13-30-34(3)15-21)11-24(37)25(22)35(4)33-26/h10-17H,5-9H2,1-4H3,(H,28,38)(H,32,33)/t17-/m0/s1. The number of fused-ring (bicyclic) bond motifs is 3. The van der Waals surface area contributed by atoms with Crippen molar-refractivity contribution < 1.29 is 4.79 Å². The summed E-state index contributed by atoms with van der Waals surface area (Å²) in [4.78, 5) is 19.8. The number of nitrogens with one attached hydrogen (secondary N) is 2. The molecule has 0 aromatic carbocycles. The van der Waals surface area contributed by atoms with Gasteiger partial charge in [-0.1, -0.05) is 0 Å². The molecule has 11 heteroatoms. The van der Waals surface area contributed by atoms with Crippen LogP contribution < -0.4 is 10.6 Å². The third kappa shape index (κ3) is 4.38. The van der Waals surface area contributed by atoms with Crippen molar-refractivity contribution in [1.82, 2.24) is 44.4 Å². The third-order valence-corrected chi connectivity index (χ3v) is 7.45. The van der Waals surface area contributed by atoms with Crippen molar-refractivity contribution in [2.24, 2.45) is 14.1 Å². The number of hydrogen-bond acceptors (Lipinski definition) is 7. The maximum absolute atomic E-state index is 12.9. The Morgan fingerprint density at radius 1 is 1.11 bits per heavy atom. The van der Waals surface area contributed by atoms with Crippen LogP contribution in [0.1, 0.15) is 35.8 Å². The molecule has 1 saturated heterocycles. The Bertz CT molecular complexity index is 1640. The highest BCUT2D eigenvalue weighted by atomic mass is 16.1. The summed E-state index contributed by atoms with van der Waals surface area (Å²) in [5.41, 5.74) is 5.98. The number of rotatable bonds is 7. The molecule has 0 spiro atoms. The molecular formula is C27H32N10O. The lowest BCUT2D eigenvalue weighted by Crippen LogP contribution is -2.36. The average molecular weight is 513 g/mol. The Kier molecular flexibility index (Phi) is 6.07. The third-order valence-electron chi connectivity index (χ3n) is 7.45. The molecule has 5 aromatic heterocycles. The summed E-state index contributed by atoms with van der Waals surface area (Å²) in [6.45, 7) is 6.73. The minimum atomic E-state index is -0.127. The van der Waals surface area contributed by atoms with E-state index in [2.05, 4.69) is 43.7 Å². The van der Waals surface area contributed by atoms with Gasteiger partial charge in [-0.3, -0.25) is 24.0 Å². The van der Waals surface area contributed by atoms with E-state index >= 15 is 0 Å². The summed E-state index contributed by atoms with van der Waals surface area (Å²) in [6.07, 6.45) is 11.7. The Balaban J connectivity index is 1.24. The van der Waals surface area contributed by atoms with Gasteiger partial charge < -0.3 is 10.6 Å². The molecular weight excluding hydrogens is 480 g/mol. The van der Waals surface area contributed by atoms with Gasteiger partial charge in [0.05, 0.1) is 45.8 Å². The van der Waals surface area contributed by atoms with Crippen LogP contribution in [0.15, 0.2) is 43.1 Å². The molecule has 0 aliphatic carbocycles. The molecule has 1 atom stereocenters. The van der Waals surface area contributed by atoms with Gasteiger partial charge in [-0.25, -0.2) is 4.52 Å². The molecule has 0 unspecified atom stereocenters. The fourth-order valence-corrected chi connectivity index (χ4v) is 5.28. The molecule has 38 heavy (non-hydrogen) atoms. The highest BCUT2D eigenvalue weighted by Crippen LogP contribution is 2.31. The van der Waals surface area contributed by atoms with E-state index in [9.17, 15) is 4.79 Å². The monoisotopic (exact) mass is 512 g/mol. The second-order valence-corrected chi connectivity index (χ2v) is 10.1. The largest absolute Gasteiger partial charge is 0.351 e. The SMILES string of the molecule is Cc1ncc(C(=O)NCCN2CCC[C@@H]2C)cc1Nc1nn(C)c2c1cnn1cc(-c3cnn(C)c3)cc21. The van der Waals surface area contributed by atoms with Crippen LogP contribution in [0.4, 0.5) is 11.5 Å². The number of anilines is 2. The van der Waals surface area contributed by atoms with E-state index in [0.717, 1.165) is 52.0 Å². The van der Waals surface area contributed by atoms with Crippen molar-refractivity contribution >= 4 is 33.8 Å². The van der Waals surface area contributed by atoms with Gasteiger partial charge in [-0.2, -0.15) is 15.3 Å². The van der Waals surface area contributed by atoms with Gasteiger partial charge in [0, 0.05) is 62.9 Å². The van der Waals surface area contributed by atoms with Crippen LogP contribution in [0, 0.1) is 6.92 Å². The fraction of sp³-hybridized carbons (Fsp3) is 0.370. The van der Waals surface area contributed by atoms with Crippen molar-refractivity contribution in [3.8, 4) is 11.1 Å². The number of aromatic nitrogens is 7. The van der Waals surface area contributed by atoms with E-state index in [0.29, 0.717) is 24.0 Å². The molecule has 0 radical (unpaired) electrons.